The number of aryl methyl sites for hydroxylation is 3. The Balaban J connectivity index is 1.58. The van der Waals surface area contributed by atoms with Crippen LogP contribution in [0, 0.1) is 41.4 Å². The molecule has 1 N–H and O–H groups in total. The summed E-state index contributed by atoms with van der Waals surface area (Å²) in [5.74, 6) is -0.600. The molecular weight excluding hydrogens is 412 g/mol. The van der Waals surface area contributed by atoms with Gasteiger partial charge in [-0.3, -0.25) is 4.79 Å². The summed E-state index contributed by atoms with van der Waals surface area (Å²) < 4.78 is 6.23. The van der Waals surface area contributed by atoms with Crippen molar-refractivity contribution in [2.24, 2.45) is 11.8 Å². The molecule has 0 aromatic heterocycles. The highest BCUT2D eigenvalue weighted by atomic mass is 16.5. The molecule has 2 bridgehead atoms. The molecule has 5 atom stereocenters. The number of hydrogen-bond donors (Lipinski definition) is 1. The molecule has 1 aliphatic carbocycles. The minimum atomic E-state index is -0.367. The highest BCUT2D eigenvalue weighted by Gasteiger charge is 2.62. The van der Waals surface area contributed by atoms with Crippen LogP contribution in [0.3, 0.4) is 0 Å². The maximum absolute atomic E-state index is 13.7. The molecule has 5 nitrogen and oxygen atoms in total. The van der Waals surface area contributed by atoms with Gasteiger partial charge in [-0.2, -0.15) is 10.5 Å². The lowest BCUT2D eigenvalue weighted by atomic mass is 9.72. The SMILES string of the molecule is CCc1cc(C)cc(CC)c1C1=C(O)[C@@H]2[C@@H]3O[C@@H](C[C@H]3c3ccc(C#N)c(C#N)c3)[C@@H]2C1=O. The number of nitriles is 2. The van der Waals surface area contributed by atoms with Crippen LogP contribution in [0.2, 0.25) is 0 Å². The second kappa shape index (κ2) is 7.87. The Kier molecular flexibility index (Phi) is 5.11. The number of carbonyl (C=O) groups excluding carboxylic acids is 1. The Labute approximate surface area is 193 Å². The van der Waals surface area contributed by atoms with Crippen LogP contribution in [0.15, 0.2) is 36.1 Å². The van der Waals surface area contributed by atoms with E-state index in [9.17, 15) is 20.4 Å². The molecule has 2 aromatic carbocycles. The summed E-state index contributed by atoms with van der Waals surface area (Å²) in [4.78, 5) is 13.7. The number of allylic oxidation sites excluding steroid dienone is 1. The zero-order valence-electron chi connectivity index (χ0n) is 19.1. The van der Waals surface area contributed by atoms with E-state index in [1.54, 1.807) is 12.1 Å². The van der Waals surface area contributed by atoms with Crippen LogP contribution < -0.4 is 0 Å². The van der Waals surface area contributed by atoms with Crippen LogP contribution in [-0.2, 0) is 22.4 Å². The number of aliphatic hydroxyl groups is 1. The van der Waals surface area contributed by atoms with Crippen LogP contribution in [0.4, 0.5) is 0 Å². The molecule has 5 rings (SSSR count). The van der Waals surface area contributed by atoms with Crippen molar-refractivity contribution in [1.29, 1.82) is 10.5 Å². The summed E-state index contributed by atoms with van der Waals surface area (Å²) in [6.07, 6.45) is 1.68. The normalized spacial score (nSPS) is 27.5. The van der Waals surface area contributed by atoms with Crippen LogP contribution in [0.5, 0.6) is 0 Å². The third-order valence-corrected chi connectivity index (χ3v) is 7.65. The van der Waals surface area contributed by atoms with Crippen molar-refractivity contribution in [3.05, 3.63) is 75.0 Å². The topological polar surface area (TPSA) is 94.1 Å². The first-order valence-electron chi connectivity index (χ1n) is 11.6. The number of nitrogens with zero attached hydrogens (tertiary/aromatic N) is 2. The molecule has 166 valence electrons. The molecule has 2 heterocycles. The van der Waals surface area contributed by atoms with Crippen molar-refractivity contribution in [3.63, 3.8) is 0 Å². The Morgan fingerprint density at radius 1 is 1.03 bits per heavy atom. The van der Waals surface area contributed by atoms with Gasteiger partial charge in [-0.05, 0) is 60.6 Å². The minimum Gasteiger partial charge on any atom is -0.511 e. The molecule has 0 saturated carbocycles. The molecule has 0 spiro atoms. The second-order valence-electron chi connectivity index (χ2n) is 9.35. The Bertz CT molecular complexity index is 1270. The second-order valence-corrected chi connectivity index (χ2v) is 9.35. The molecule has 2 fully saturated rings. The summed E-state index contributed by atoms with van der Waals surface area (Å²) in [7, 11) is 0. The highest BCUT2D eigenvalue weighted by Crippen LogP contribution is 2.58. The van der Waals surface area contributed by atoms with Gasteiger partial charge in [-0.25, -0.2) is 0 Å². The fraction of sp³-hybridized carbons (Fsp3) is 0.393. The summed E-state index contributed by atoms with van der Waals surface area (Å²) in [5.41, 5.74) is 6.35. The lowest BCUT2D eigenvalue weighted by Gasteiger charge is -2.28. The van der Waals surface area contributed by atoms with Gasteiger partial charge in [0, 0.05) is 5.92 Å². The van der Waals surface area contributed by atoms with Crippen LogP contribution >= 0.6 is 0 Å². The zero-order chi connectivity index (χ0) is 23.4. The van der Waals surface area contributed by atoms with Crippen molar-refractivity contribution >= 4 is 11.4 Å². The summed E-state index contributed by atoms with van der Waals surface area (Å²) in [6.45, 7) is 6.22. The van der Waals surface area contributed by atoms with Crippen molar-refractivity contribution in [2.75, 3.05) is 0 Å². The average Bonchev–Trinajstić information content (AvgIpc) is 3.49. The molecule has 0 amide bonds. The number of ketones is 1. The fourth-order valence-corrected chi connectivity index (χ4v) is 6.24. The standard InChI is InChI=1S/C28H26N2O3/c1-4-15-8-14(3)9-16(5-2)22(15)24-26(31)23-21-11-20(28(33-21)25(23)27(24)32)17-6-7-18(12-29)19(10-17)13-30/h6-10,20-21,23,25,28,32H,4-5,11H2,1-3H3/t20-,21-,23-,25+,28+/m0/s1. The van der Waals surface area contributed by atoms with E-state index in [0.29, 0.717) is 23.1 Å². The number of rotatable bonds is 4. The lowest BCUT2D eigenvalue weighted by Crippen LogP contribution is -2.33. The maximum Gasteiger partial charge on any atom is 0.173 e. The Hall–Kier alpha value is -3.41. The summed E-state index contributed by atoms with van der Waals surface area (Å²) >= 11 is 0. The minimum absolute atomic E-state index is 0.00533. The molecule has 2 aliphatic heterocycles. The van der Waals surface area contributed by atoms with Crippen molar-refractivity contribution < 1.29 is 14.6 Å². The molecule has 2 aromatic rings. The van der Waals surface area contributed by atoms with Gasteiger partial charge in [0.25, 0.3) is 0 Å². The van der Waals surface area contributed by atoms with E-state index in [1.807, 2.05) is 6.07 Å². The predicted molar refractivity (Wildman–Crippen MR) is 123 cm³/mol. The number of Topliss-reactive ketones (excluding diaryl/α,β-unsaturated/α-hetero) is 1. The predicted octanol–water partition coefficient (Wildman–Crippen LogP) is 4.90. The van der Waals surface area contributed by atoms with E-state index in [1.165, 1.54) is 0 Å². The van der Waals surface area contributed by atoms with Gasteiger partial charge < -0.3 is 9.84 Å². The van der Waals surface area contributed by atoms with E-state index in [-0.39, 0.29) is 41.5 Å². The van der Waals surface area contributed by atoms with Gasteiger partial charge >= 0.3 is 0 Å². The third kappa shape index (κ3) is 3.04. The number of fused-ring (bicyclic) bond motifs is 5. The number of benzene rings is 2. The largest absolute Gasteiger partial charge is 0.511 e. The smallest absolute Gasteiger partial charge is 0.173 e. The van der Waals surface area contributed by atoms with Crippen LogP contribution in [0.1, 0.15) is 65.1 Å². The van der Waals surface area contributed by atoms with Gasteiger partial charge in [0.2, 0.25) is 0 Å². The van der Waals surface area contributed by atoms with Gasteiger partial charge in [0.1, 0.15) is 17.9 Å². The van der Waals surface area contributed by atoms with Crippen LogP contribution in [-0.4, -0.2) is 23.1 Å². The Morgan fingerprint density at radius 3 is 2.30 bits per heavy atom. The monoisotopic (exact) mass is 438 g/mol. The van der Waals surface area contributed by atoms with Crippen molar-refractivity contribution in [1.82, 2.24) is 0 Å². The van der Waals surface area contributed by atoms with E-state index in [0.717, 1.165) is 40.7 Å². The van der Waals surface area contributed by atoms with Crippen molar-refractivity contribution in [3.8, 4) is 12.1 Å². The van der Waals surface area contributed by atoms with Gasteiger partial charge in [0.15, 0.2) is 5.78 Å². The van der Waals surface area contributed by atoms with Crippen LogP contribution in [0.25, 0.3) is 5.57 Å². The molecule has 33 heavy (non-hydrogen) atoms. The lowest BCUT2D eigenvalue weighted by molar-refractivity contribution is -0.118. The number of aliphatic hydroxyl groups excluding tert-OH is 1. The molecule has 3 aliphatic rings. The summed E-state index contributed by atoms with van der Waals surface area (Å²) in [6, 6.07) is 13.7. The number of ether oxygens (including phenoxy) is 1. The first-order chi connectivity index (χ1) is 15.9. The average molecular weight is 439 g/mol. The third-order valence-electron chi connectivity index (χ3n) is 7.65. The van der Waals surface area contributed by atoms with E-state index in [2.05, 4.69) is 45.0 Å². The molecule has 0 unspecified atom stereocenters. The first-order valence-corrected chi connectivity index (χ1v) is 11.6. The van der Waals surface area contributed by atoms with Crippen molar-refractivity contribution in [2.45, 2.75) is 58.2 Å². The molecular formula is C28H26N2O3. The zero-order valence-corrected chi connectivity index (χ0v) is 19.1. The van der Waals surface area contributed by atoms with Gasteiger partial charge in [-0.15, -0.1) is 0 Å². The molecule has 5 heteroatoms. The number of carbonyl (C=O) groups is 1. The van der Waals surface area contributed by atoms with Gasteiger partial charge in [-0.1, -0.05) is 37.6 Å². The van der Waals surface area contributed by atoms with E-state index >= 15 is 0 Å². The molecule has 0 radical (unpaired) electrons. The van der Waals surface area contributed by atoms with E-state index in [4.69, 9.17) is 4.74 Å². The fourth-order valence-electron chi connectivity index (χ4n) is 6.24. The van der Waals surface area contributed by atoms with E-state index < -0.39 is 0 Å². The highest BCUT2D eigenvalue weighted by molar-refractivity contribution is 6.26. The quantitative estimate of drug-likeness (QED) is 0.732. The van der Waals surface area contributed by atoms with Gasteiger partial charge in [0.05, 0.1) is 40.7 Å². The maximum atomic E-state index is 13.7. The summed E-state index contributed by atoms with van der Waals surface area (Å²) in [5, 5.41) is 30.1. The Morgan fingerprint density at radius 2 is 1.70 bits per heavy atom. The first kappa shape index (κ1) is 21.4. The molecule has 2 saturated heterocycles. The number of hydrogen-bond acceptors (Lipinski definition) is 5.